The van der Waals surface area contributed by atoms with Gasteiger partial charge in [-0.2, -0.15) is 0 Å². The molecule has 0 amide bonds. The van der Waals surface area contributed by atoms with Crippen LogP contribution in [0.15, 0.2) is 29.2 Å². The molecule has 2 aromatic rings. The van der Waals surface area contributed by atoms with Gasteiger partial charge in [0.15, 0.2) is 0 Å². The van der Waals surface area contributed by atoms with E-state index in [1.165, 1.54) is 6.20 Å². The molecule has 72 valence electrons. The average Bonchev–Trinajstić information content (AvgIpc) is 2.23. The molecule has 0 atom stereocenters. The van der Waals surface area contributed by atoms with E-state index in [0.717, 1.165) is 5.39 Å². The molecule has 2 rings (SSSR count). The number of methoxy groups -OCH3 is 1. The summed E-state index contributed by atoms with van der Waals surface area (Å²) in [5.74, 6) is 0.644. The fraction of sp³-hybridized carbons (Fsp3) is 0.100. The second-order valence-electron chi connectivity index (χ2n) is 2.88. The number of ether oxygens (including phenoxy) is 1. The summed E-state index contributed by atoms with van der Waals surface area (Å²) in [6, 6.07) is 5.21. The van der Waals surface area contributed by atoms with E-state index in [4.69, 9.17) is 16.3 Å². The van der Waals surface area contributed by atoms with Gasteiger partial charge >= 0.3 is 0 Å². The van der Waals surface area contributed by atoms with Crippen LogP contribution in [-0.2, 0) is 0 Å². The van der Waals surface area contributed by atoms with Crippen LogP contribution in [-0.4, -0.2) is 12.1 Å². The maximum atomic E-state index is 11.4. The lowest BCUT2D eigenvalue weighted by Gasteiger charge is -2.02. The van der Waals surface area contributed by atoms with Crippen molar-refractivity contribution in [1.29, 1.82) is 0 Å². The third-order valence-electron chi connectivity index (χ3n) is 2.06. The Morgan fingerprint density at radius 3 is 2.86 bits per heavy atom. The Morgan fingerprint density at radius 2 is 2.14 bits per heavy atom. The van der Waals surface area contributed by atoms with Crippen LogP contribution in [0.3, 0.4) is 0 Å². The second-order valence-corrected chi connectivity index (χ2v) is 3.28. The molecule has 0 saturated carbocycles. The molecule has 14 heavy (non-hydrogen) atoms. The van der Waals surface area contributed by atoms with Gasteiger partial charge in [-0.25, -0.2) is 0 Å². The standard InChI is InChI=1S/C10H8ClNO2/c1-14-6-2-3-7-8(4-6)10(13)12-5-9(7)11/h2-5H,1H3,(H,12,13). The number of rotatable bonds is 1. The predicted octanol–water partition coefficient (Wildman–Crippen LogP) is 2.19. The molecule has 1 aromatic carbocycles. The number of fused-ring (bicyclic) bond motifs is 1. The van der Waals surface area contributed by atoms with Gasteiger partial charge in [0.25, 0.3) is 5.56 Å². The van der Waals surface area contributed by atoms with Crippen LogP contribution >= 0.6 is 11.6 Å². The fourth-order valence-electron chi connectivity index (χ4n) is 1.33. The Kier molecular flexibility index (Phi) is 2.17. The topological polar surface area (TPSA) is 42.1 Å². The zero-order chi connectivity index (χ0) is 10.1. The highest BCUT2D eigenvalue weighted by Crippen LogP contribution is 2.23. The molecule has 0 radical (unpaired) electrons. The maximum absolute atomic E-state index is 11.4. The van der Waals surface area contributed by atoms with Crippen LogP contribution in [0.25, 0.3) is 10.8 Å². The van der Waals surface area contributed by atoms with Crippen molar-refractivity contribution in [2.45, 2.75) is 0 Å². The van der Waals surface area contributed by atoms with Gasteiger partial charge in [-0.1, -0.05) is 11.6 Å². The molecule has 0 bridgehead atoms. The van der Waals surface area contributed by atoms with Crippen molar-refractivity contribution in [1.82, 2.24) is 4.98 Å². The Hall–Kier alpha value is -1.48. The van der Waals surface area contributed by atoms with E-state index >= 15 is 0 Å². The molecule has 3 nitrogen and oxygen atoms in total. The number of halogens is 1. The van der Waals surface area contributed by atoms with Crippen molar-refractivity contribution in [2.75, 3.05) is 7.11 Å². The third kappa shape index (κ3) is 1.36. The molecule has 1 aromatic heterocycles. The smallest absolute Gasteiger partial charge is 0.256 e. The van der Waals surface area contributed by atoms with Gasteiger partial charge in [0.1, 0.15) is 5.75 Å². The minimum Gasteiger partial charge on any atom is -0.497 e. The van der Waals surface area contributed by atoms with Crippen molar-refractivity contribution in [3.05, 3.63) is 39.8 Å². The summed E-state index contributed by atoms with van der Waals surface area (Å²) in [5.41, 5.74) is -0.164. The molecule has 0 aliphatic rings. The van der Waals surface area contributed by atoms with Crippen molar-refractivity contribution < 1.29 is 4.74 Å². The zero-order valence-corrected chi connectivity index (χ0v) is 8.26. The fourth-order valence-corrected chi connectivity index (χ4v) is 1.55. The number of H-pyrrole nitrogens is 1. The van der Waals surface area contributed by atoms with E-state index in [1.807, 2.05) is 0 Å². The summed E-state index contributed by atoms with van der Waals surface area (Å²) in [5, 5.41) is 1.80. The Morgan fingerprint density at radius 1 is 1.36 bits per heavy atom. The van der Waals surface area contributed by atoms with Gasteiger partial charge in [0, 0.05) is 11.6 Å². The number of aromatic amines is 1. The molecule has 0 fully saturated rings. The van der Waals surface area contributed by atoms with Crippen LogP contribution < -0.4 is 10.3 Å². The lowest BCUT2D eigenvalue weighted by atomic mass is 10.2. The lowest BCUT2D eigenvalue weighted by Crippen LogP contribution is -2.05. The summed E-state index contributed by atoms with van der Waals surface area (Å²) in [4.78, 5) is 14.0. The summed E-state index contributed by atoms with van der Waals surface area (Å²) in [6.45, 7) is 0. The molecule has 0 aliphatic carbocycles. The minimum atomic E-state index is -0.164. The largest absolute Gasteiger partial charge is 0.497 e. The molecule has 0 aliphatic heterocycles. The van der Waals surface area contributed by atoms with Gasteiger partial charge in [-0.15, -0.1) is 0 Å². The van der Waals surface area contributed by atoms with E-state index in [2.05, 4.69) is 4.98 Å². The normalized spacial score (nSPS) is 10.4. The molecular formula is C10H8ClNO2. The van der Waals surface area contributed by atoms with Crippen molar-refractivity contribution in [3.63, 3.8) is 0 Å². The highest BCUT2D eigenvalue weighted by atomic mass is 35.5. The molecule has 1 heterocycles. The van der Waals surface area contributed by atoms with Gasteiger partial charge in [0.2, 0.25) is 0 Å². The summed E-state index contributed by atoms with van der Waals surface area (Å²) in [6.07, 6.45) is 1.48. The molecule has 0 spiro atoms. The van der Waals surface area contributed by atoms with Crippen molar-refractivity contribution in [2.24, 2.45) is 0 Å². The maximum Gasteiger partial charge on any atom is 0.256 e. The highest BCUT2D eigenvalue weighted by molar-refractivity contribution is 6.35. The van der Waals surface area contributed by atoms with E-state index < -0.39 is 0 Å². The number of nitrogens with one attached hydrogen (secondary N) is 1. The molecule has 0 unspecified atom stereocenters. The zero-order valence-electron chi connectivity index (χ0n) is 7.50. The van der Waals surface area contributed by atoms with Crippen molar-refractivity contribution in [3.8, 4) is 5.75 Å². The summed E-state index contributed by atoms with van der Waals surface area (Å²) >= 11 is 5.91. The van der Waals surface area contributed by atoms with Crippen LogP contribution in [0.5, 0.6) is 5.75 Å². The van der Waals surface area contributed by atoms with Gasteiger partial charge in [-0.05, 0) is 18.2 Å². The first-order valence-corrected chi connectivity index (χ1v) is 4.45. The van der Waals surface area contributed by atoms with E-state index in [1.54, 1.807) is 25.3 Å². The first-order chi connectivity index (χ1) is 6.72. The minimum absolute atomic E-state index is 0.164. The first kappa shape index (κ1) is 9.09. The van der Waals surface area contributed by atoms with Gasteiger partial charge < -0.3 is 9.72 Å². The van der Waals surface area contributed by atoms with Crippen molar-refractivity contribution >= 4 is 22.4 Å². The van der Waals surface area contributed by atoms with Crippen LogP contribution in [0.4, 0.5) is 0 Å². The third-order valence-corrected chi connectivity index (χ3v) is 2.37. The number of benzene rings is 1. The Bertz CT molecular complexity index is 533. The van der Waals surface area contributed by atoms with E-state index in [9.17, 15) is 4.79 Å². The lowest BCUT2D eigenvalue weighted by molar-refractivity contribution is 0.415. The molecular weight excluding hydrogens is 202 g/mol. The molecule has 0 saturated heterocycles. The van der Waals surface area contributed by atoms with E-state index in [0.29, 0.717) is 16.2 Å². The number of pyridine rings is 1. The van der Waals surface area contributed by atoms with E-state index in [-0.39, 0.29) is 5.56 Å². The Labute approximate surface area is 85.3 Å². The Balaban J connectivity index is 2.87. The molecule has 4 heteroatoms. The first-order valence-electron chi connectivity index (χ1n) is 4.07. The monoisotopic (exact) mass is 209 g/mol. The van der Waals surface area contributed by atoms with Gasteiger partial charge in [0.05, 0.1) is 17.5 Å². The average molecular weight is 210 g/mol. The number of hydrogen-bond donors (Lipinski definition) is 1. The molecule has 1 N–H and O–H groups in total. The summed E-state index contributed by atoms with van der Waals surface area (Å²) < 4.78 is 5.02. The SMILES string of the molecule is COc1ccc2c(Cl)c[nH]c(=O)c2c1. The number of hydrogen-bond acceptors (Lipinski definition) is 2. The van der Waals surface area contributed by atoms with Crippen LogP contribution in [0.1, 0.15) is 0 Å². The highest BCUT2D eigenvalue weighted by Gasteiger charge is 2.03. The predicted molar refractivity (Wildman–Crippen MR) is 56.1 cm³/mol. The van der Waals surface area contributed by atoms with Crippen LogP contribution in [0.2, 0.25) is 5.02 Å². The van der Waals surface area contributed by atoms with Gasteiger partial charge in [-0.3, -0.25) is 4.79 Å². The van der Waals surface area contributed by atoms with Crippen LogP contribution in [0, 0.1) is 0 Å². The quantitative estimate of drug-likeness (QED) is 0.782. The second kappa shape index (κ2) is 3.35. The summed E-state index contributed by atoms with van der Waals surface area (Å²) in [7, 11) is 1.56. The number of aromatic nitrogens is 1.